The summed E-state index contributed by atoms with van der Waals surface area (Å²) in [6, 6.07) is 14.6. The van der Waals surface area contributed by atoms with Gasteiger partial charge in [-0.25, -0.2) is 4.98 Å². The second-order valence-electron chi connectivity index (χ2n) is 4.79. The van der Waals surface area contributed by atoms with Gasteiger partial charge in [0.15, 0.2) is 0 Å². The third kappa shape index (κ3) is 1.97. The number of benzene rings is 1. The van der Waals surface area contributed by atoms with Gasteiger partial charge < -0.3 is 9.30 Å². The van der Waals surface area contributed by atoms with Gasteiger partial charge in [0, 0.05) is 36.4 Å². The summed E-state index contributed by atoms with van der Waals surface area (Å²) >= 11 is 0. The standard InChI is InChI=1S/C16H17N3/c1-12-13(2)19-10-9-15(11-16(19)17-12)18(3)14-7-5-4-6-8-14/h4-11H,1-3H3. The van der Waals surface area contributed by atoms with Gasteiger partial charge in [0.05, 0.1) is 5.69 Å². The fourth-order valence-corrected chi connectivity index (χ4v) is 2.28. The number of pyridine rings is 1. The van der Waals surface area contributed by atoms with Gasteiger partial charge in [-0.05, 0) is 32.0 Å². The van der Waals surface area contributed by atoms with Gasteiger partial charge in [-0.2, -0.15) is 0 Å². The zero-order valence-electron chi connectivity index (χ0n) is 11.5. The van der Waals surface area contributed by atoms with Crippen LogP contribution in [0.4, 0.5) is 11.4 Å². The fourth-order valence-electron chi connectivity index (χ4n) is 2.28. The van der Waals surface area contributed by atoms with Crippen molar-refractivity contribution < 1.29 is 0 Å². The van der Waals surface area contributed by atoms with Crippen molar-refractivity contribution >= 4 is 17.0 Å². The van der Waals surface area contributed by atoms with Crippen LogP contribution in [0.1, 0.15) is 11.4 Å². The Bertz CT molecular complexity index is 713. The molecule has 96 valence electrons. The van der Waals surface area contributed by atoms with E-state index < -0.39 is 0 Å². The van der Waals surface area contributed by atoms with E-state index >= 15 is 0 Å². The van der Waals surface area contributed by atoms with Crippen LogP contribution in [0.25, 0.3) is 5.65 Å². The maximum atomic E-state index is 4.59. The van der Waals surface area contributed by atoms with E-state index in [-0.39, 0.29) is 0 Å². The van der Waals surface area contributed by atoms with Gasteiger partial charge >= 0.3 is 0 Å². The summed E-state index contributed by atoms with van der Waals surface area (Å²) in [4.78, 5) is 6.75. The minimum atomic E-state index is 0.996. The van der Waals surface area contributed by atoms with Crippen LogP contribution in [0.5, 0.6) is 0 Å². The highest BCUT2D eigenvalue weighted by molar-refractivity contribution is 5.66. The molecule has 3 nitrogen and oxygen atoms in total. The minimum absolute atomic E-state index is 0.996. The summed E-state index contributed by atoms with van der Waals surface area (Å²) in [6.45, 7) is 4.14. The van der Waals surface area contributed by atoms with E-state index in [1.165, 1.54) is 11.4 Å². The number of para-hydroxylation sites is 1. The van der Waals surface area contributed by atoms with E-state index in [4.69, 9.17) is 0 Å². The molecule has 3 rings (SSSR count). The summed E-state index contributed by atoms with van der Waals surface area (Å²) in [5.74, 6) is 0. The van der Waals surface area contributed by atoms with Gasteiger partial charge in [0.2, 0.25) is 0 Å². The second kappa shape index (κ2) is 4.43. The SMILES string of the molecule is Cc1nc2cc(N(C)c3ccccc3)ccn2c1C. The molecule has 0 unspecified atom stereocenters. The van der Waals surface area contributed by atoms with Crippen molar-refractivity contribution in [1.29, 1.82) is 0 Å². The van der Waals surface area contributed by atoms with E-state index in [0.29, 0.717) is 0 Å². The Hall–Kier alpha value is -2.29. The molecule has 3 aromatic rings. The second-order valence-corrected chi connectivity index (χ2v) is 4.79. The maximum Gasteiger partial charge on any atom is 0.139 e. The number of fused-ring (bicyclic) bond motifs is 1. The molecule has 0 fully saturated rings. The molecular weight excluding hydrogens is 234 g/mol. The quantitative estimate of drug-likeness (QED) is 0.692. The summed E-state index contributed by atoms with van der Waals surface area (Å²) < 4.78 is 2.12. The Morgan fingerprint density at radius 3 is 2.47 bits per heavy atom. The van der Waals surface area contributed by atoms with Crippen molar-refractivity contribution in [3.63, 3.8) is 0 Å². The molecule has 0 amide bonds. The average molecular weight is 251 g/mol. The van der Waals surface area contributed by atoms with E-state index in [0.717, 1.165) is 17.0 Å². The van der Waals surface area contributed by atoms with Crippen LogP contribution in [-0.4, -0.2) is 16.4 Å². The van der Waals surface area contributed by atoms with E-state index in [1.54, 1.807) is 0 Å². The van der Waals surface area contributed by atoms with Crippen LogP contribution in [0.15, 0.2) is 48.7 Å². The number of anilines is 2. The van der Waals surface area contributed by atoms with Crippen LogP contribution in [0.3, 0.4) is 0 Å². The van der Waals surface area contributed by atoms with Crippen LogP contribution >= 0.6 is 0 Å². The van der Waals surface area contributed by atoms with E-state index in [1.807, 2.05) is 25.1 Å². The van der Waals surface area contributed by atoms with Crippen LogP contribution < -0.4 is 4.90 Å². The zero-order chi connectivity index (χ0) is 13.4. The Kier molecular flexibility index (Phi) is 2.75. The number of hydrogen-bond donors (Lipinski definition) is 0. The molecule has 0 aliphatic carbocycles. The lowest BCUT2D eigenvalue weighted by molar-refractivity contribution is 1.08. The van der Waals surface area contributed by atoms with Crippen LogP contribution in [-0.2, 0) is 0 Å². The summed E-state index contributed by atoms with van der Waals surface area (Å²) in [5.41, 5.74) is 5.59. The molecule has 19 heavy (non-hydrogen) atoms. The largest absolute Gasteiger partial charge is 0.344 e. The Labute approximate surface area is 113 Å². The van der Waals surface area contributed by atoms with Gasteiger partial charge in [0.25, 0.3) is 0 Å². The highest BCUT2D eigenvalue weighted by Gasteiger charge is 2.08. The molecule has 0 saturated heterocycles. The first-order chi connectivity index (χ1) is 9.16. The highest BCUT2D eigenvalue weighted by atomic mass is 15.1. The number of aryl methyl sites for hydroxylation is 2. The average Bonchev–Trinajstić information content (AvgIpc) is 2.74. The molecule has 2 heterocycles. The molecule has 3 heteroatoms. The maximum absolute atomic E-state index is 4.59. The molecule has 0 aliphatic rings. The van der Waals surface area contributed by atoms with Crippen molar-refractivity contribution in [2.45, 2.75) is 13.8 Å². The number of nitrogens with zero attached hydrogens (tertiary/aromatic N) is 3. The van der Waals surface area contributed by atoms with Crippen molar-refractivity contribution in [1.82, 2.24) is 9.38 Å². The lowest BCUT2D eigenvalue weighted by atomic mass is 10.2. The Balaban J connectivity index is 2.06. The summed E-state index contributed by atoms with van der Waals surface area (Å²) in [7, 11) is 2.07. The first kappa shape index (κ1) is 11.8. The van der Waals surface area contributed by atoms with Crippen molar-refractivity contribution in [2.75, 3.05) is 11.9 Å². The normalized spacial score (nSPS) is 10.9. The lowest BCUT2D eigenvalue weighted by Crippen LogP contribution is -2.09. The van der Waals surface area contributed by atoms with Crippen molar-refractivity contribution in [3.05, 3.63) is 60.0 Å². The molecule has 0 bridgehead atoms. The van der Waals surface area contributed by atoms with Gasteiger partial charge in [-0.1, -0.05) is 18.2 Å². The van der Waals surface area contributed by atoms with Crippen molar-refractivity contribution in [2.24, 2.45) is 0 Å². The van der Waals surface area contributed by atoms with Gasteiger partial charge in [-0.15, -0.1) is 0 Å². The molecular formula is C16H17N3. The van der Waals surface area contributed by atoms with Crippen molar-refractivity contribution in [3.8, 4) is 0 Å². The molecule has 1 aromatic carbocycles. The predicted molar refractivity (Wildman–Crippen MR) is 79.2 cm³/mol. The third-order valence-corrected chi connectivity index (χ3v) is 3.62. The Morgan fingerprint density at radius 2 is 1.74 bits per heavy atom. The molecule has 2 aromatic heterocycles. The topological polar surface area (TPSA) is 20.5 Å². The Morgan fingerprint density at radius 1 is 1.00 bits per heavy atom. The number of rotatable bonds is 2. The number of aromatic nitrogens is 2. The molecule has 0 saturated carbocycles. The zero-order valence-corrected chi connectivity index (χ0v) is 11.5. The van der Waals surface area contributed by atoms with Gasteiger partial charge in [0.1, 0.15) is 5.65 Å². The number of hydrogen-bond acceptors (Lipinski definition) is 2. The molecule has 0 atom stereocenters. The highest BCUT2D eigenvalue weighted by Crippen LogP contribution is 2.24. The smallest absolute Gasteiger partial charge is 0.139 e. The van der Waals surface area contributed by atoms with E-state index in [2.05, 4.69) is 58.7 Å². The molecule has 0 N–H and O–H groups in total. The first-order valence-corrected chi connectivity index (χ1v) is 6.41. The van der Waals surface area contributed by atoms with Gasteiger partial charge in [-0.3, -0.25) is 0 Å². The third-order valence-electron chi connectivity index (χ3n) is 3.62. The van der Waals surface area contributed by atoms with Crippen LogP contribution in [0, 0.1) is 13.8 Å². The minimum Gasteiger partial charge on any atom is -0.344 e. The van der Waals surface area contributed by atoms with Crippen LogP contribution in [0.2, 0.25) is 0 Å². The summed E-state index contributed by atoms with van der Waals surface area (Å²) in [5, 5.41) is 0. The lowest BCUT2D eigenvalue weighted by Gasteiger charge is -2.19. The fraction of sp³-hybridized carbons (Fsp3) is 0.188. The molecule has 0 spiro atoms. The monoisotopic (exact) mass is 251 g/mol. The first-order valence-electron chi connectivity index (χ1n) is 6.41. The predicted octanol–water partition coefficient (Wildman–Crippen LogP) is 3.72. The molecule has 0 aliphatic heterocycles. The van der Waals surface area contributed by atoms with E-state index in [9.17, 15) is 0 Å². The number of imidazole rings is 1. The molecule has 0 radical (unpaired) electrons. The summed E-state index contributed by atoms with van der Waals surface area (Å²) in [6.07, 6.45) is 2.08.